The zero-order chi connectivity index (χ0) is 12.2. The smallest absolute Gasteiger partial charge is 0.217 e. The molecule has 1 fully saturated rings. The first-order valence-electron chi connectivity index (χ1n) is 5.75. The average Bonchev–Trinajstić information content (AvgIpc) is 2.28. The fourth-order valence-electron chi connectivity index (χ4n) is 2.22. The maximum absolute atomic E-state index is 11.8. The predicted molar refractivity (Wildman–Crippen MR) is 66.9 cm³/mol. The van der Waals surface area contributed by atoms with Gasteiger partial charge in [-0.3, -0.25) is 0 Å². The van der Waals surface area contributed by atoms with Crippen LogP contribution >= 0.6 is 0 Å². The van der Waals surface area contributed by atoms with E-state index < -0.39 is 10.0 Å². The van der Waals surface area contributed by atoms with Gasteiger partial charge in [-0.05, 0) is 32.7 Å². The third-order valence-electron chi connectivity index (χ3n) is 3.39. The minimum Gasteiger partial charge on any atom is -0.317 e. The summed E-state index contributed by atoms with van der Waals surface area (Å²) < 4.78 is 25.2. The van der Waals surface area contributed by atoms with Gasteiger partial charge in [0.1, 0.15) is 0 Å². The number of hydrogen-bond acceptors (Lipinski definition) is 3. The molecule has 1 aliphatic rings. The van der Waals surface area contributed by atoms with Crippen LogP contribution in [0.5, 0.6) is 0 Å². The Bertz CT molecular complexity index is 319. The van der Waals surface area contributed by atoms with Crippen LogP contribution in [-0.4, -0.2) is 44.7 Å². The molecule has 94 valence electrons. The Morgan fingerprint density at radius 2 is 1.94 bits per heavy atom. The summed E-state index contributed by atoms with van der Waals surface area (Å²) in [6.45, 7) is 3.48. The monoisotopic (exact) mass is 246 g/mol. The van der Waals surface area contributed by atoms with Crippen LogP contribution in [0.2, 0.25) is 0 Å². The maximum atomic E-state index is 11.8. The van der Waals surface area contributed by atoms with Crippen LogP contribution in [0, 0.1) is 0 Å². The number of nitrogens with zero attached hydrogens (tertiary/aromatic N) is 1. The Balaban J connectivity index is 2.56. The fourth-order valence-corrected chi connectivity index (χ4v) is 3.42. The van der Waals surface area contributed by atoms with Crippen molar-refractivity contribution in [3.05, 3.63) is 12.7 Å². The van der Waals surface area contributed by atoms with E-state index in [0.29, 0.717) is 6.04 Å². The van der Waals surface area contributed by atoms with Crippen LogP contribution in [0.15, 0.2) is 12.7 Å². The van der Waals surface area contributed by atoms with E-state index in [0.717, 1.165) is 25.7 Å². The highest BCUT2D eigenvalue weighted by Crippen LogP contribution is 2.24. The van der Waals surface area contributed by atoms with Crippen LogP contribution in [0.25, 0.3) is 0 Å². The minimum absolute atomic E-state index is 0.0372. The number of rotatable bonds is 5. The van der Waals surface area contributed by atoms with Crippen molar-refractivity contribution in [1.29, 1.82) is 0 Å². The van der Waals surface area contributed by atoms with Crippen molar-refractivity contribution < 1.29 is 8.42 Å². The third kappa shape index (κ3) is 3.30. The van der Waals surface area contributed by atoms with Gasteiger partial charge in [0.05, 0.1) is 5.75 Å². The van der Waals surface area contributed by atoms with Crippen molar-refractivity contribution in [2.75, 3.05) is 19.8 Å². The summed E-state index contributed by atoms with van der Waals surface area (Å²) in [4.78, 5) is 0. The molecule has 0 aromatic heterocycles. The molecule has 16 heavy (non-hydrogen) atoms. The van der Waals surface area contributed by atoms with Gasteiger partial charge < -0.3 is 5.32 Å². The molecule has 0 aliphatic heterocycles. The fraction of sp³-hybridized carbons (Fsp3) is 0.818. The molecular weight excluding hydrogens is 224 g/mol. The van der Waals surface area contributed by atoms with Gasteiger partial charge in [-0.15, -0.1) is 6.58 Å². The average molecular weight is 246 g/mol. The van der Waals surface area contributed by atoms with Crippen LogP contribution < -0.4 is 5.32 Å². The molecule has 5 heteroatoms. The first-order chi connectivity index (χ1) is 7.51. The first kappa shape index (κ1) is 13.7. The van der Waals surface area contributed by atoms with Gasteiger partial charge in [-0.2, -0.15) is 0 Å². The Morgan fingerprint density at radius 3 is 2.38 bits per heavy atom. The summed E-state index contributed by atoms with van der Waals surface area (Å²) >= 11 is 0. The summed E-state index contributed by atoms with van der Waals surface area (Å²) in [5.41, 5.74) is 0. The van der Waals surface area contributed by atoms with Crippen molar-refractivity contribution in [2.45, 2.75) is 37.8 Å². The van der Waals surface area contributed by atoms with Gasteiger partial charge in [0, 0.05) is 19.1 Å². The molecule has 0 unspecified atom stereocenters. The Morgan fingerprint density at radius 1 is 1.38 bits per heavy atom. The molecule has 1 N–H and O–H groups in total. The van der Waals surface area contributed by atoms with Crippen molar-refractivity contribution >= 4 is 10.0 Å². The van der Waals surface area contributed by atoms with Crippen molar-refractivity contribution in [1.82, 2.24) is 9.62 Å². The van der Waals surface area contributed by atoms with E-state index in [4.69, 9.17) is 0 Å². The lowest BCUT2D eigenvalue weighted by Crippen LogP contribution is -2.43. The van der Waals surface area contributed by atoms with Gasteiger partial charge in [-0.25, -0.2) is 12.7 Å². The molecule has 1 aliphatic carbocycles. The molecule has 0 heterocycles. The molecule has 0 bridgehead atoms. The molecule has 0 amide bonds. The van der Waals surface area contributed by atoms with Crippen LogP contribution in [0.1, 0.15) is 25.7 Å². The zero-order valence-corrected chi connectivity index (χ0v) is 11.0. The quantitative estimate of drug-likeness (QED) is 0.735. The van der Waals surface area contributed by atoms with Gasteiger partial charge in [0.15, 0.2) is 0 Å². The number of hydrogen-bond donors (Lipinski definition) is 1. The lowest BCUT2D eigenvalue weighted by molar-refractivity contribution is 0.255. The Labute approximate surface area is 98.8 Å². The third-order valence-corrected chi connectivity index (χ3v) is 5.22. The van der Waals surface area contributed by atoms with E-state index in [1.165, 1.54) is 10.4 Å². The van der Waals surface area contributed by atoms with Crippen LogP contribution in [0.4, 0.5) is 0 Å². The largest absolute Gasteiger partial charge is 0.317 e. The second-order valence-electron chi connectivity index (χ2n) is 4.38. The van der Waals surface area contributed by atoms with Gasteiger partial charge >= 0.3 is 0 Å². The van der Waals surface area contributed by atoms with Gasteiger partial charge in [0.25, 0.3) is 0 Å². The number of nitrogens with one attached hydrogen (secondary N) is 1. The molecule has 0 saturated heterocycles. The summed E-state index contributed by atoms with van der Waals surface area (Å²) in [5.74, 6) is 0.0372. The molecule has 4 nitrogen and oxygen atoms in total. The SMILES string of the molecule is C=CCS(=O)(=O)N(C)C1CCC(NC)CC1. The summed E-state index contributed by atoms with van der Waals surface area (Å²) in [6.07, 6.45) is 5.44. The van der Waals surface area contributed by atoms with Crippen molar-refractivity contribution in [3.63, 3.8) is 0 Å². The maximum Gasteiger partial charge on any atom is 0.217 e. The molecule has 1 saturated carbocycles. The number of sulfonamides is 1. The first-order valence-corrected chi connectivity index (χ1v) is 7.36. The van der Waals surface area contributed by atoms with Crippen LogP contribution in [-0.2, 0) is 10.0 Å². The predicted octanol–water partition coefficient (Wildman–Crippen LogP) is 0.965. The van der Waals surface area contributed by atoms with Crippen molar-refractivity contribution in [2.24, 2.45) is 0 Å². The highest BCUT2D eigenvalue weighted by Gasteiger charge is 2.28. The molecule has 1 rings (SSSR count). The van der Waals surface area contributed by atoms with E-state index in [1.54, 1.807) is 7.05 Å². The second-order valence-corrected chi connectivity index (χ2v) is 6.45. The molecule has 0 spiro atoms. The van der Waals surface area contributed by atoms with E-state index in [2.05, 4.69) is 11.9 Å². The van der Waals surface area contributed by atoms with Crippen LogP contribution in [0.3, 0.4) is 0 Å². The lowest BCUT2D eigenvalue weighted by Gasteiger charge is -2.33. The molecular formula is C11H22N2O2S. The molecule has 0 aromatic rings. The molecule has 0 atom stereocenters. The standard InChI is InChI=1S/C11H22N2O2S/c1-4-9-16(14,15)13(3)11-7-5-10(12-2)6-8-11/h4,10-12H,1,5-9H2,2-3H3. The van der Waals surface area contributed by atoms with E-state index in [9.17, 15) is 8.42 Å². The Hall–Kier alpha value is -0.390. The highest BCUT2D eigenvalue weighted by atomic mass is 32.2. The summed E-state index contributed by atoms with van der Waals surface area (Å²) in [6, 6.07) is 0.710. The van der Waals surface area contributed by atoms with E-state index >= 15 is 0 Å². The minimum atomic E-state index is -3.14. The molecule has 0 radical (unpaired) electrons. The van der Waals surface area contributed by atoms with E-state index in [1.807, 2.05) is 7.05 Å². The van der Waals surface area contributed by atoms with E-state index in [-0.39, 0.29) is 11.8 Å². The highest BCUT2D eigenvalue weighted by molar-refractivity contribution is 7.89. The van der Waals surface area contributed by atoms with Gasteiger partial charge in [0.2, 0.25) is 10.0 Å². The summed E-state index contributed by atoms with van der Waals surface area (Å²) in [5, 5.41) is 3.24. The van der Waals surface area contributed by atoms with Gasteiger partial charge in [-0.1, -0.05) is 6.08 Å². The normalized spacial score (nSPS) is 26.9. The summed E-state index contributed by atoms with van der Waals surface area (Å²) in [7, 11) is 0.506. The molecule has 0 aromatic carbocycles. The zero-order valence-electron chi connectivity index (χ0n) is 10.1. The van der Waals surface area contributed by atoms with Crippen molar-refractivity contribution in [3.8, 4) is 0 Å². The second kappa shape index (κ2) is 5.80. The topological polar surface area (TPSA) is 49.4 Å². The lowest BCUT2D eigenvalue weighted by atomic mass is 9.91. The Kier molecular flexibility index (Phi) is 4.95.